The van der Waals surface area contributed by atoms with Crippen LogP contribution in [0.3, 0.4) is 0 Å². The number of carbonyl (C=O) groups excluding carboxylic acids is 6. The van der Waals surface area contributed by atoms with Crippen molar-refractivity contribution in [3.05, 3.63) is 40.2 Å². The minimum atomic E-state index is -4.95. The molecular weight excluding hydrogens is 671 g/mol. The Labute approximate surface area is 275 Å². The number of nitrogens with one attached hydrogen (secondary N) is 1. The average Bonchev–Trinajstić information content (AvgIpc) is 2.97. The van der Waals surface area contributed by atoms with E-state index in [0.29, 0.717) is 0 Å². The fraction of sp³-hybridized carbons (Fsp3) is 0.500. The lowest BCUT2D eigenvalue weighted by atomic mass is 9.88. The Bertz CT molecular complexity index is 1670. The Morgan fingerprint density at radius 2 is 1.61 bits per heavy atom. The number of fused-ring (bicyclic) bond motifs is 1. The number of hydrogen-bond donors (Lipinski definition) is 1. The SMILES string of the molecule is COC(=O)C1(Oc2ccc3c(C(F)(F)F)cc(=O)oc3c2)CC(OC(C)=O)C(NC(C)=O)C([C@@H](OC(C)=O)[C@H](COC(C)=O)OC(C)=O)O1. The molecule has 1 N–H and O–H groups in total. The molecule has 1 saturated heterocycles. The number of benzene rings is 1. The van der Waals surface area contributed by atoms with Crippen molar-refractivity contribution in [1.29, 1.82) is 0 Å². The zero-order valence-electron chi connectivity index (χ0n) is 26.9. The highest BCUT2D eigenvalue weighted by Gasteiger charge is 2.60. The first-order valence-corrected chi connectivity index (χ1v) is 14.3. The maximum absolute atomic E-state index is 13.7. The van der Waals surface area contributed by atoms with Crippen molar-refractivity contribution >= 4 is 46.7 Å². The number of amides is 1. The third-order valence-corrected chi connectivity index (χ3v) is 6.80. The minimum Gasteiger partial charge on any atom is -0.464 e. The van der Waals surface area contributed by atoms with E-state index in [-0.39, 0.29) is 6.07 Å². The zero-order chi connectivity index (χ0) is 36.8. The lowest BCUT2D eigenvalue weighted by Crippen LogP contribution is -2.70. The highest BCUT2D eigenvalue weighted by Crippen LogP contribution is 2.40. The molecule has 19 heteroatoms. The van der Waals surface area contributed by atoms with Crippen LogP contribution in [0.15, 0.2) is 33.5 Å². The van der Waals surface area contributed by atoms with E-state index in [9.17, 15) is 46.7 Å². The van der Waals surface area contributed by atoms with E-state index in [1.54, 1.807) is 0 Å². The van der Waals surface area contributed by atoms with Gasteiger partial charge in [0.2, 0.25) is 5.91 Å². The molecule has 268 valence electrons. The Balaban J connectivity index is 2.28. The number of rotatable bonds is 11. The zero-order valence-corrected chi connectivity index (χ0v) is 26.9. The van der Waals surface area contributed by atoms with Gasteiger partial charge >= 0.3 is 47.4 Å². The van der Waals surface area contributed by atoms with Crippen LogP contribution in [0.25, 0.3) is 11.0 Å². The fourth-order valence-electron chi connectivity index (χ4n) is 5.13. The van der Waals surface area contributed by atoms with Crippen LogP contribution in [0.4, 0.5) is 13.2 Å². The number of alkyl halides is 3. The summed E-state index contributed by atoms with van der Waals surface area (Å²) in [7, 11) is 0.910. The third kappa shape index (κ3) is 9.68. The topological polar surface area (TPSA) is 209 Å². The van der Waals surface area contributed by atoms with Crippen molar-refractivity contribution in [3.63, 3.8) is 0 Å². The van der Waals surface area contributed by atoms with Crippen LogP contribution >= 0.6 is 0 Å². The molecule has 1 aliphatic heterocycles. The van der Waals surface area contributed by atoms with Crippen LogP contribution in [0.1, 0.15) is 46.6 Å². The molecule has 0 spiro atoms. The molecule has 6 atom stereocenters. The molecule has 2 heterocycles. The van der Waals surface area contributed by atoms with Gasteiger partial charge in [-0.25, -0.2) is 9.59 Å². The van der Waals surface area contributed by atoms with E-state index in [1.165, 1.54) is 0 Å². The molecule has 0 bridgehead atoms. The van der Waals surface area contributed by atoms with Gasteiger partial charge in [0.1, 0.15) is 30.1 Å². The van der Waals surface area contributed by atoms with Crippen LogP contribution < -0.4 is 15.7 Å². The van der Waals surface area contributed by atoms with Crippen LogP contribution in [0.2, 0.25) is 0 Å². The lowest BCUT2D eigenvalue weighted by Gasteiger charge is -2.48. The predicted molar refractivity (Wildman–Crippen MR) is 153 cm³/mol. The van der Waals surface area contributed by atoms with Crippen LogP contribution in [-0.2, 0) is 63.4 Å². The summed E-state index contributed by atoms with van der Waals surface area (Å²) >= 11 is 0. The van der Waals surface area contributed by atoms with E-state index in [0.717, 1.165) is 59.9 Å². The van der Waals surface area contributed by atoms with E-state index in [2.05, 4.69) is 5.32 Å². The number of methoxy groups -OCH3 is 1. The third-order valence-electron chi connectivity index (χ3n) is 6.80. The second-order valence-electron chi connectivity index (χ2n) is 10.7. The van der Waals surface area contributed by atoms with Crippen molar-refractivity contribution in [3.8, 4) is 5.75 Å². The monoisotopic (exact) mass is 703 g/mol. The molecule has 1 aliphatic rings. The molecule has 49 heavy (non-hydrogen) atoms. The summed E-state index contributed by atoms with van der Waals surface area (Å²) in [4.78, 5) is 86.3. The number of hydrogen-bond acceptors (Lipinski definition) is 15. The molecular formula is C30H32F3NO15. The van der Waals surface area contributed by atoms with Gasteiger partial charge in [0.25, 0.3) is 0 Å². The lowest BCUT2D eigenvalue weighted by molar-refractivity contribution is -0.289. The van der Waals surface area contributed by atoms with Crippen molar-refractivity contribution in [2.75, 3.05) is 13.7 Å². The Morgan fingerprint density at radius 1 is 0.959 bits per heavy atom. The minimum absolute atomic E-state index is 0.254. The molecule has 16 nitrogen and oxygen atoms in total. The maximum Gasteiger partial charge on any atom is 0.417 e. The molecule has 1 aromatic heterocycles. The number of halogens is 3. The van der Waals surface area contributed by atoms with Gasteiger partial charge < -0.3 is 42.9 Å². The molecule has 4 unspecified atom stereocenters. The molecule has 1 fully saturated rings. The molecule has 1 amide bonds. The van der Waals surface area contributed by atoms with Gasteiger partial charge in [-0.15, -0.1) is 0 Å². The molecule has 2 aromatic rings. The summed E-state index contributed by atoms with van der Waals surface area (Å²) in [6.45, 7) is 4.28. The largest absolute Gasteiger partial charge is 0.464 e. The highest BCUT2D eigenvalue weighted by atomic mass is 19.4. The van der Waals surface area contributed by atoms with Crippen LogP contribution in [0, 0.1) is 0 Å². The maximum atomic E-state index is 13.7. The van der Waals surface area contributed by atoms with Crippen LogP contribution in [-0.4, -0.2) is 85.7 Å². The Morgan fingerprint density at radius 3 is 2.14 bits per heavy atom. The van der Waals surface area contributed by atoms with Gasteiger partial charge in [0.05, 0.1) is 25.1 Å². The van der Waals surface area contributed by atoms with Gasteiger partial charge in [-0.2, -0.15) is 13.2 Å². The number of esters is 5. The molecule has 3 rings (SSSR count). The summed E-state index contributed by atoms with van der Waals surface area (Å²) in [6, 6.07) is 1.48. The quantitative estimate of drug-likeness (QED) is 0.201. The Hall–Kier alpha value is -5.20. The van der Waals surface area contributed by atoms with Gasteiger partial charge in [-0.3, -0.25) is 24.0 Å². The van der Waals surface area contributed by atoms with Crippen LogP contribution in [0.5, 0.6) is 5.75 Å². The van der Waals surface area contributed by atoms with Crippen molar-refractivity contribution in [1.82, 2.24) is 5.32 Å². The summed E-state index contributed by atoms with van der Waals surface area (Å²) < 4.78 is 84.0. The second-order valence-corrected chi connectivity index (χ2v) is 10.7. The van der Waals surface area contributed by atoms with Gasteiger partial charge in [-0.05, 0) is 12.1 Å². The first-order valence-electron chi connectivity index (χ1n) is 14.3. The molecule has 0 radical (unpaired) electrons. The number of ether oxygens (including phenoxy) is 7. The van der Waals surface area contributed by atoms with E-state index in [1.807, 2.05) is 0 Å². The molecule has 0 saturated carbocycles. The van der Waals surface area contributed by atoms with Crippen molar-refractivity contribution < 1.29 is 79.5 Å². The van der Waals surface area contributed by atoms with E-state index in [4.69, 9.17) is 37.6 Å². The van der Waals surface area contributed by atoms with E-state index >= 15 is 0 Å². The standard InChI is InChI=1S/C30H32F3NO15/c1-13(35)34-25-22(44-15(3)37)11-29(28(41)42-6,48-18-7-8-19-20(30(31,32)33)10-24(40)47-21(19)9-18)49-27(25)26(46-17(5)39)23(45-16(4)38)12-43-14(2)36/h7-10,22-23,25-27H,11-12H2,1-6H3,(H,34,35)/t22?,23-,25?,26-,27?,29?/m0/s1. The smallest absolute Gasteiger partial charge is 0.417 e. The van der Waals surface area contributed by atoms with Crippen molar-refractivity contribution in [2.24, 2.45) is 0 Å². The fourth-order valence-corrected chi connectivity index (χ4v) is 5.13. The average molecular weight is 704 g/mol. The second kappa shape index (κ2) is 15.3. The first-order chi connectivity index (χ1) is 22.8. The van der Waals surface area contributed by atoms with Crippen molar-refractivity contribution in [2.45, 2.75) is 83.5 Å². The first kappa shape index (κ1) is 38.2. The summed E-state index contributed by atoms with van der Waals surface area (Å²) in [5, 5.41) is 1.94. The van der Waals surface area contributed by atoms with Gasteiger partial charge in [0, 0.05) is 52.1 Å². The Kier molecular flexibility index (Phi) is 12.0. The molecule has 0 aliphatic carbocycles. The summed E-state index contributed by atoms with van der Waals surface area (Å²) in [5.41, 5.74) is -3.27. The van der Waals surface area contributed by atoms with Gasteiger partial charge in [-0.1, -0.05) is 0 Å². The summed E-state index contributed by atoms with van der Waals surface area (Å²) in [5.74, 6) is -8.96. The van der Waals surface area contributed by atoms with E-state index < -0.39 is 119 Å². The number of carbonyl (C=O) groups is 6. The predicted octanol–water partition coefficient (Wildman–Crippen LogP) is 1.71. The normalized spacial score (nSPS) is 21.8. The highest BCUT2D eigenvalue weighted by molar-refractivity contribution is 5.83. The summed E-state index contributed by atoms with van der Waals surface area (Å²) in [6.07, 6.45) is -12.6. The van der Waals surface area contributed by atoms with Gasteiger partial charge in [0.15, 0.2) is 12.2 Å². The molecule has 1 aromatic carbocycles.